The Balaban J connectivity index is 1.55. The Hall–Kier alpha value is -2.63. The molecule has 0 spiro atoms. The van der Waals surface area contributed by atoms with Crippen LogP contribution in [0.4, 0.5) is 9.18 Å². The number of hydrogen-bond donors (Lipinski definition) is 1. The van der Waals surface area contributed by atoms with Crippen LogP contribution in [-0.4, -0.2) is 29.8 Å². The molecule has 3 rings (SSSR count). The van der Waals surface area contributed by atoms with Gasteiger partial charge in [0.05, 0.1) is 12.8 Å². The Bertz CT molecular complexity index is 796. The molecule has 0 bridgehead atoms. The number of pyridine rings is 1. The lowest BCUT2D eigenvalue weighted by Gasteiger charge is -2.22. The highest BCUT2D eigenvalue weighted by Crippen LogP contribution is 2.45. The van der Waals surface area contributed by atoms with Crippen LogP contribution in [0.3, 0.4) is 0 Å². The number of halogens is 1. The first-order valence-electron chi connectivity index (χ1n) is 9.05. The molecule has 1 saturated carbocycles. The van der Waals surface area contributed by atoms with Gasteiger partial charge in [0.2, 0.25) is 0 Å². The maximum absolute atomic E-state index is 13.1. The zero-order chi connectivity index (χ0) is 19.5. The predicted octanol–water partition coefficient (Wildman–Crippen LogP) is 4.57. The number of alkyl carbamates (subject to hydrolysis) is 1. The standard InChI is InChI=1S/C21H25FN2O3/c1-20(2,3)27-19(25)24-13-21(8-9-21)14-26-18-10-16(11-23-12-18)15-4-6-17(22)7-5-15/h4-7,10-12H,8-9,13-14H2,1-3H3,(H,24,25). The molecule has 144 valence electrons. The molecule has 1 aliphatic carbocycles. The number of carbonyl (C=O) groups excluding carboxylic acids is 1. The lowest BCUT2D eigenvalue weighted by molar-refractivity contribution is 0.0509. The van der Waals surface area contributed by atoms with Gasteiger partial charge in [-0.2, -0.15) is 0 Å². The number of benzene rings is 1. The van der Waals surface area contributed by atoms with Crippen molar-refractivity contribution >= 4 is 6.09 Å². The Morgan fingerprint density at radius 3 is 2.52 bits per heavy atom. The van der Waals surface area contributed by atoms with Gasteiger partial charge in [0.1, 0.15) is 17.2 Å². The zero-order valence-electron chi connectivity index (χ0n) is 15.9. The molecular formula is C21H25FN2O3. The quantitative estimate of drug-likeness (QED) is 0.807. The van der Waals surface area contributed by atoms with Gasteiger partial charge in [-0.05, 0) is 57.4 Å². The van der Waals surface area contributed by atoms with Crippen LogP contribution in [0.5, 0.6) is 5.75 Å². The summed E-state index contributed by atoms with van der Waals surface area (Å²) in [6.07, 6.45) is 4.96. The lowest BCUT2D eigenvalue weighted by Crippen LogP contribution is -2.37. The van der Waals surface area contributed by atoms with E-state index in [1.54, 1.807) is 24.5 Å². The summed E-state index contributed by atoms with van der Waals surface area (Å²) in [5.41, 5.74) is 1.18. The van der Waals surface area contributed by atoms with Crippen molar-refractivity contribution in [3.05, 3.63) is 48.5 Å². The Kier molecular flexibility index (Phi) is 5.35. The van der Waals surface area contributed by atoms with Gasteiger partial charge in [0.25, 0.3) is 0 Å². The van der Waals surface area contributed by atoms with Crippen molar-refractivity contribution in [3.8, 4) is 16.9 Å². The van der Waals surface area contributed by atoms with Crippen molar-refractivity contribution in [2.75, 3.05) is 13.2 Å². The van der Waals surface area contributed by atoms with Gasteiger partial charge in [0.15, 0.2) is 0 Å². The van der Waals surface area contributed by atoms with E-state index in [1.807, 2.05) is 26.8 Å². The number of ether oxygens (including phenoxy) is 2. The average Bonchev–Trinajstić information content (AvgIpc) is 3.38. The molecule has 1 amide bonds. The van der Waals surface area contributed by atoms with Gasteiger partial charge in [-0.3, -0.25) is 4.98 Å². The monoisotopic (exact) mass is 372 g/mol. The van der Waals surface area contributed by atoms with Crippen LogP contribution in [0.25, 0.3) is 11.1 Å². The summed E-state index contributed by atoms with van der Waals surface area (Å²) in [4.78, 5) is 16.0. The third kappa shape index (κ3) is 5.67. The van der Waals surface area contributed by atoms with Crippen LogP contribution in [0, 0.1) is 11.2 Å². The second-order valence-corrected chi connectivity index (χ2v) is 8.06. The Labute approximate surface area is 158 Å². The Morgan fingerprint density at radius 1 is 1.19 bits per heavy atom. The summed E-state index contributed by atoms with van der Waals surface area (Å²) < 4.78 is 24.3. The first-order chi connectivity index (χ1) is 12.7. The van der Waals surface area contributed by atoms with Crippen LogP contribution >= 0.6 is 0 Å². The van der Waals surface area contributed by atoms with Crippen molar-refractivity contribution in [1.29, 1.82) is 0 Å². The molecule has 6 heteroatoms. The Morgan fingerprint density at radius 2 is 1.89 bits per heavy atom. The first-order valence-corrected chi connectivity index (χ1v) is 9.05. The van der Waals surface area contributed by atoms with Gasteiger partial charge in [-0.1, -0.05) is 12.1 Å². The van der Waals surface area contributed by atoms with Crippen LogP contribution in [0.15, 0.2) is 42.7 Å². The van der Waals surface area contributed by atoms with Crippen molar-refractivity contribution in [2.45, 2.75) is 39.2 Å². The maximum Gasteiger partial charge on any atom is 0.407 e. The minimum atomic E-state index is -0.510. The number of aromatic nitrogens is 1. The number of nitrogens with zero attached hydrogens (tertiary/aromatic N) is 1. The second-order valence-electron chi connectivity index (χ2n) is 8.06. The maximum atomic E-state index is 13.1. The zero-order valence-corrected chi connectivity index (χ0v) is 15.9. The highest BCUT2D eigenvalue weighted by atomic mass is 19.1. The topological polar surface area (TPSA) is 60.5 Å². The van der Waals surface area contributed by atoms with Crippen LogP contribution < -0.4 is 10.1 Å². The largest absolute Gasteiger partial charge is 0.491 e. The smallest absolute Gasteiger partial charge is 0.407 e. The van der Waals surface area contributed by atoms with Gasteiger partial charge in [0, 0.05) is 23.7 Å². The molecule has 1 aliphatic rings. The second kappa shape index (κ2) is 7.55. The van der Waals surface area contributed by atoms with Crippen LogP contribution in [-0.2, 0) is 4.74 Å². The third-order valence-corrected chi connectivity index (χ3v) is 4.40. The number of hydrogen-bond acceptors (Lipinski definition) is 4. The normalized spacial score (nSPS) is 15.1. The highest BCUT2D eigenvalue weighted by Gasteiger charge is 2.44. The van der Waals surface area contributed by atoms with E-state index in [0.717, 1.165) is 24.0 Å². The fraction of sp³-hybridized carbons (Fsp3) is 0.429. The molecule has 0 unspecified atom stereocenters. The molecule has 1 N–H and O–H groups in total. The molecule has 0 aliphatic heterocycles. The molecule has 1 fully saturated rings. The van der Waals surface area contributed by atoms with Crippen LogP contribution in [0.1, 0.15) is 33.6 Å². The molecule has 1 heterocycles. The highest BCUT2D eigenvalue weighted by molar-refractivity contribution is 5.67. The van der Waals surface area contributed by atoms with Gasteiger partial charge in [-0.15, -0.1) is 0 Å². The summed E-state index contributed by atoms with van der Waals surface area (Å²) in [5, 5.41) is 2.83. The summed E-state index contributed by atoms with van der Waals surface area (Å²) in [5.74, 6) is 0.382. The molecule has 2 aromatic rings. The molecule has 0 radical (unpaired) electrons. The number of nitrogens with one attached hydrogen (secondary N) is 1. The van der Waals surface area contributed by atoms with E-state index in [4.69, 9.17) is 9.47 Å². The number of carbonyl (C=O) groups is 1. The fourth-order valence-corrected chi connectivity index (χ4v) is 2.66. The predicted molar refractivity (Wildman–Crippen MR) is 101 cm³/mol. The summed E-state index contributed by atoms with van der Waals surface area (Å²) in [7, 11) is 0. The SMILES string of the molecule is CC(C)(C)OC(=O)NCC1(COc2cncc(-c3ccc(F)cc3)c2)CC1. The van der Waals surface area contributed by atoms with Gasteiger partial charge in [-0.25, -0.2) is 9.18 Å². The van der Waals surface area contributed by atoms with Crippen LogP contribution in [0.2, 0.25) is 0 Å². The molecule has 27 heavy (non-hydrogen) atoms. The molecule has 0 atom stereocenters. The number of rotatable bonds is 6. The van der Waals surface area contributed by atoms with Gasteiger partial charge < -0.3 is 14.8 Å². The minimum absolute atomic E-state index is 0.0528. The van der Waals surface area contributed by atoms with Gasteiger partial charge >= 0.3 is 6.09 Å². The van der Waals surface area contributed by atoms with E-state index in [-0.39, 0.29) is 11.2 Å². The molecular weight excluding hydrogens is 347 g/mol. The lowest BCUT2D eigenvalue weighted by atomic mass is 10.1. The van der Waals surface area contributed by atoms with E-state index in [0.29, 0.717) is 18.9 Å². The van der Waals surface area contributed by atoms with E-state index < -0.39 is 11.7 Å². The molecule has 0 saturated heterocycles. The first kappa shape index (κ1) is 19.1. The molecule has 1 aromatic heterocycles. The van der Waals surface area contributed by atoms with E-state index in [2.05, 4.69) is 10.3 Å². The molecule has 1 aromatic carbocycles. The van der Waals surface area contributed by atoms with Crippen molar-refractivity contribution in [2.24, 2.45) is 5.41 Å². The third-order valence-electron chi connectivity index (χ3n) is 4.40. The van der Waals surface area contributed by atoms with E-state index in [9.17, 15) is 9.18 Å². The molecule has 5 nitrogen and oxygen atoms in total. The summed E-state index contributed by atoms with van der Waals surface area (Å²) >= 11 is 0. The van der Waals surface area contributed by atoms with Crippen molar-refractivity contribution < 1.29 is 18.7 Å². The minimum Gasteiger partial charge on any atom is -0.491 e. The summed E-state index contributed by atoms with van der Waals surface area (Å²) in [6.45, 7) is 6.53. The summed E-state index contributed by atoms with van der Waals surface area (Å²) in [6, 6.07) is 8.15. The van der Waals surface area contributed by atoms with E-state index in [1.165, 1.54) is 12.1 Å². The fourth-order valence-electron chi connectivity index (χ4n) is 2.66. The average molecular weight is 372 g/mol. The number of amides is 1. The van der Waals surface area contributed by atoms with Crippen molar-refractivity contribution in [1.82, 2.24) is 10.3 Å². The van der Waals surface area contributed by atoms with Crippen molar-refractivity contribution in [3.63, 3.8) is 0 Å². The van der Waals surface area contributed by atoms with E-state index >= 15 is 0 Å².